The fourth-order valence-corrected chi connectivity index (χ4v) is 2.74. The van der Waals surface area contributed by atoms with E-state index in [-0.39, 0.29) is 0 Å². The van der Waals surface area contributed by atoms with Gasteiger partial charge in [0.25, 0.3) is 5.91 Å². The first kappa shape index (κ1) is 14.6. The number of esters is 1. The lowest BCUT2D eigenvalue weighted by Crippen LogP contribution is -2.34. The van der Waals surface area contributed by atoms with Gasteiger partial charge in [-0.05, 0) is 17.0 Å². The van der Waals surface area contributed by atoms with E-state index in [0.29, 0.717) is 15.5 Å². The molecular weight excluding hydrogens is 298 g/mol. The number of benzene rings is 1. The molecule has 20 heavy (non-hydrogen) atoms. The van der Waals surface area contributed by atoms with E-state index in [1.54, 1.807) is 35.7 Å². The molecule has 0 saturated heterocycles. The lowest BCUT2D eigenvalue weighted by atomic mass is 10.1. The monoisotopic (exact) mass is 309 g/mol. The van der Waals surface area contributed by atoms with E-state index in [1.807, 2.05) is 6.07 Å². The van der Waals surface area contributed by atoms with Gasteiger partial charge in [-0.15, -0.1) is 11.3 Å². The summed E-state index contributed by atoms with van der Waals surface area (Å²) in [5, 5.41) is 4.72. The molecule has 2 aromatic rings. The first-order chi connectivity index (χ1) is 9.63. The molecule has 104 valence electrons. The van der Waals surface area contributed by atoms with Gasteiger partial charge in [-0.2, -0.15) is 0 Å². The number of rotatable bonds is 4. The molecule has 1 aromatic heterocycles. The third-order valence-electron chi connectivity index (χ3n) is 2.67. The van der Waals surface area contributed by atoms with Crippen molar-refractivity contribution in [3.8, 4) is 0 Å². The largest absolute Gasteiger partial charge is 0.467 e. The Morgan fingerprint density at radius 1 is 1.25 bits per heavy atom. The highest BCUT2D eigenvalue weighted by molar-refractivity contribution is 7.12. The van der Waals surface area contributed by atoms with Crippen molar-refractivity contribution in [1.29, 1.82) is 0 Å². The Balaban J connectivity index is 2.23. The lowest BCUT2D eigenvalue weighted by molar-refractivity contribution is -0.143. The van der Waals surface area contributed by atoms with Gasteiger partial charge in [0.1, 0.15) is 4.88 Å². The van der Waals surface area contributed by atoms with E-state index < -0.39 is 17.9 Å². The number of nitrogens with one attached hydrogen (secondary N) is 1. The predicted octanol–water partition coefficient (Wildman–Crippen LogP) is 3.05. The molecule has 0 aliphatic rings. The quantitative estimate of drug-likeness (QED) is 0.883. The van der Waals surface area contributed by atoms with Gasteiger partial charge >= 0.3 is 5.97 Å². The molecule has 1 atom stereocenters. The van der Waals surface area contributed by atoms with Crippen LogP contribution in [0.1, 0.15) is 21.3 Å². The topological polar surface area (TPSA) is 55.4 Å². The van der Waals surface area contributed by atoms with E-state index in [9.17, 15) is 9.59 Å². The molecule has 1 heterocycles. The highest BCUT2D eigenvalue weighted by Crippen LogP contribution is 2.23. The summed E-state index contributed by atoms with van der Waals surface area (Å²) in [4.78, 5) is 24.3. The van der Waals surface area contributed by atoms with Crippen LogP contribution in [0.4, 0.5) is 0 Å². The molecule has 4 nitrogen and oxygen atoms in total. The van der Waals surface area contributed by atoms with Crippen LogP contribution in [0.15, 0.2) is 41.8 Å². The van der Waals surface area contributed by atoms with Gasteiger partial charge in [-0.3, -0.25) is 4.79 Å². The maximum Gasteiger partial charge on any atom is 0.333 e. The fourth-order valence-electron chi connectivity index (χ4n) is 1.69. The Kier molecular flexibility index (Phi) is 4.76. The standard InChI is InChI=1S/C14H12ClNO3S/c1-19-14(18)11(9-5-3-2-4-6-9)16-13(17)12-10(15)7-8-20-12/h2-8,11H,1H3,(H,16,17). The van der Waals surface area contributed by atoms with Gasteiger partial charge in [-0.1, -0.05) is 41.9 Å². The second kappa shape index (κ2) is 6.54. The number of carbonyl (C=O) groups is 2. The number of halogens is 1. The molecule has 1 N–H and O–H groups in total. The van der Waals surface area contributed by atoms with E-state index in [4.69, 9.17) is 16.3 Å². The Hall–Kier alpha value is -1.85. The zero-order valence-electron chi connectivity index (χ0n) is 10.6. The number of amides is 1. The molecule has 1 unspecified atom stereocenters. The maximum atomic E-state index is 12.1. The van der Waals surface area contributed by atoms with Gasteiger partial charge in [-0.25, -0.2) is 4.79 Å². The van der Waals surface area contributed by atoms with Crippen LogP contribution < -0.4 is 5.32 Å². The van der Waals surface area contributed by atoms with Crippen LogP contribution in [-0.2, 0) is 9.53 Å². The molecule has 0 radical (unpaired) electrons. The zero-order valence-corrected chi connectivity index (χ0v) is 12.2. The van der Waals surface area contributed by atoms with Crippen LogP contribution >= 0.6 is 22.9 Å². The van der Waals surface area contributed by atoms with Crippen molar-refractivity contribution < 1.29 is 14.3 Å². The Morgan fingerprint density at radius 3 is 2.50 bits per heavy atom. The van der Waals surface area contributed by atoms with Crippen LogP contribution in [0.25, 0.3) is 0 Å². The van der Waals surface area contributed by atoms with E-state index in [1.165, 1.54) is 18.4 Å². The summed E-state index contributed by atoms with van der Waals surface area (Å²) in [6.07, 6.45) is 0. The number of ether oxygens (including phenoxy) is 1. The van der Waals surface area contributed by atoms with Crippen LogP contribution in [-0.4, -0.2) is 19.0 Å². The average Bonchev–Trinajstić information content (AvgIpc) is 2.91. The third-order valence-corrected chi connectivity index (χ3v) is 4.01. The first-order valence-corrected chi connectivity index (χ1v) is 7.06. The van der Waals surface area contributed by atoms with Crippen molar-refractivity contribution in [2.45, 2.75) is 6.04 Å². The van der Waals surface area contributed by atoms with Crippen LogP contribution in [0.3, 0.4) is 0 Å². The highest BCUT2D eigenvalue weighted by atomic mass is 35.5. The summed E-state index contributed by atoms with van der Waals surface area (Å²) in [7, 11) is 1.28. The van der Waals surface area contributed by atoms with Crippen molar-refractivity contribution in [3.05, 3.63) is 57.2 Å². The summed E-state index contributed by atoms with van der Waals surface area (Å²) >= 11 is 7.13. The summed E-state index contributed by atoms with van der Waals surface area (Å²) < 4.78 is 4.73. The van der Waals surface area contributed by atoms with Crippen LogP contribution in [0.2, 0.25) is 5.02 Å². The average molecular weight is 310 g/mol. The van der Waals surface area contributed by atoms with Crippen molar-refractivity contribution >= 4 is 34.8 Å². The molecule has 0 bridgehead atoms. The van der Waals surface area contributed by atoms with Gasteiger partial charge in [0.2, 0.25) is 0 Å². The highest BCUT2D eigenvalue weighted by Gasteiger charge is 2.25. The SMILES string of the molecule is COC(=O)C(NC(=O)c1sccc1Cl)c1ccccc1. The maximum absolute atomic E-state index is 12.1. The Bertz CT molecular complexity index is 612. The second-order valence-electron chi connectivity index (χ2n) is 3.94. The fraction of sp³-hybridized carbons (Fsp3) is 0.143. The molecule has 6 heteroatoms. The van der Waals surface area contributed by atoms with Crippen molar-refractivity contribution in [3.63, 3.8) is 0 Å². The number of thiophene rings is 1. The van der Waals surface area contributed by atoms with Crippen molar-refractivity contribution in [1.82, 2.24) is 5.32 Å². The molecule has 0 aliphatic carbocycles. The molecular formula is C14H12ClNO3S. The molecule has 0 fully saturated rings. The normalized spacial score (nSPS) is 11.7. The van der Waals surface area contributed by atoms with E-state index in [0.717, 1.165) is 0 Å². The molecule has 0 saturated carbocycles. The number of hydrogen-bond acceptors (Lipinski definition) is 4. The van der Waals surface area contributed by atoms with Crippen molar-refractivity contribution in [2.24, 2.45) is 0 Å². The third kappa shape index (κ3) is 3.18. The van der Waals surface area contributed by atoms with E-state index >= 15 is 0 Å². The number of methoxy groups -OCH3 is 1. The zero-order chi connectivity index (χ0) is 14.5. The minimum Gasteiger partial charge on any atom is -0.467 e. The molecule has 0 spiro atoms. The van der Waals surface area contributed by atoms with Crippen LogP contribution in [0, 0.1) is 0 Å². The van der Waals surface area contributed by atoms with Crippen LogP contribution in [0.5, 0.6) is 0 Å². The number of carbonyl (C=O) groups excluding carboxylic acids is 2. The summed E-state index contributed by atoms with van der Waals surface area (Å²) in [6, 6.07) is 9.68. The van der Waals surface area contributed by atoms with Gasteiger partial charge < -0.3 is 10.1 Å². The Labute approximate surface area is 125 Å². The second-order valence-corrected chi connectivity index (χ2v) is 5.26. The summed E-state index contributed by atoms with van der Waals surface area (Å²) in [5.74, 6) is -0.929. The summed E-state index contributed by atoms with van der Waals surface area (Å²) in [5.41, 5.74) is 0.653. The molecule has 2 rings (SSSR count). The summed E-state index contributed by atoms with van der Waals surface area (Å²) in [6.45, 7) is 0. The predicted molar refractivity (Wildman–Crippen MR) is 78.0 cm³/mol. The molecule has 1 aromatic carbocycles. The van der Waals surface area contributed by atoms with Gasteiger partial charge in [0.15, 0.2) is 6.04 Å². The molecule has 1 amide bonds. The number of hydrogen-bond donors (Lipinski definition) is 1. The molecule has 0 aliphatic heterocycles. The van der Waals surface area contributed by atoms with E-state index in [2.05, 4.69) is 5.32 Å². The van der Waals surface area contributed by atoms with Gasteiger partial charge in [0, 0.05) is 0 Å². The first-order valence-electron chi connectivity index (χ1n) is 5.80. The minimum absolute atomic E-state index is 0.365. The minimum atomic E-state index is -0.855. The van der Waals surface area contributed by atoms with Gasteiger partial charge in [0.05, 0.1) is 12.1 Å². The lowest BCUT2D eigenvalue weighted by Gasteiger charge is -2.16. The Morgan fingerprint density at radius 2 is 1.95 bits per heavy atom. The van der Waals surface area contributed by atoms with Crippen molar-refractivity contribution in [2.75, 3.05) is 7.11 Å². The smallest absolute Gasteiger partial charge is 0.333 e.